The molecule has 1 aromatic carbocycles. The lowest BCUT2D eigenvalue weighted by Gasteiger charge is -2.22. The van der Waals surface area contributed by atoms with E-state index in [4.69, 9.17) is 9.47 Å². The number of nitrogens with zero attached hydrogens (tertiary/aromatic N) is 4. The maximum Gasteiger partial charge on any atom is 0.264 e. The Labute approximate surface area is 169 Å². The van der Waals surface area contributed by atoms with Crippen LogP contribution in [0.2, 0.25) is 0 Å². The number of amides is 1. The highest BCUT2D eigenvalue weighted by atomic mass is 32.2. The van der Waals surface area contributed by atoms with Gasteiger partial charge < -0.3 is 14.4 Å². The molecule has 0 saturated carbocycles. The summed E-state index contributed by atoms with van der Waals surface area (Å²) in [6.07, 6.45) is 0.775. The lowest BCUT2D eigenvalue weighted by Crippen LogP contribution is -2.40. The molecule has 0 N–H and O–H groups in total. The lowest BCUT2D eigenvalue weighted by molar-refractivity contribution is -0.133. The molecule has 9 nitrogen and oxygen atoms in total. The van der Waals surface area contributed by atoms with Gasteiger partial charge in [0.25, 0.3) is 5.91 Å². The van der Waals surface area contributed by atoms with Gasteiger partial charge in [-0.2, -0.15) is 9.29 Å². The number of sulfonamides is 1. The number of hydrogen-bond acceptors (Lipinski definition) is 7. The highest BCUT2D eigenvalue weighted by Gasteiger charge is 2.55. The number of rotatable bonds is 5. The molecule has 2 aliphatic rings. The monoisotopic (exact) mass is 418 g/mol. The summed E-state index contributed by atoms with van der Waals surface area (Å²) in [5, 5.41) is 0. The van der Waals surface area contributed by atoms with E-state index in [-0.39, 0.29) is 35.9 Å². The van der Waals surface area contributed by atoms with Gasteiger partial charge in [-0.3, -0.25) is 4.79 Å². The largest absolute Gasteiger partial charge is 0.497 e. The van der Waals surface area contributed by atoms with Crippen LogP contribution in [0.5, 0.6) is 11.6 Å². The van der Waals surface area contributed by atoms with E-state index in [1.54, 1.807) is 49.3 Å². The smallest absolute Gasteiger partial charge is 0.264 e. The van der Waals surface area contributed by atoms with Gasteiger partial charge >= 0.3 is 0 Å². The molecular formula is C19H22N4O5S. The third-order valence-electron chi connectivity index (χ3n) is 5.45. The summed E-state index contributed by atoms with van der Waals surface area (Å²) in [6, 6.07) is 7.71. The Balaban J connectivity index is 1.58. The Morgan fingerprint density at radius 1 is 1.21 bits per heavy atom. The van der Waals surface area contributed by atoms with Crippen LogP contribution in [-0.2, 0) is 14.8 Å². The molecule has 1 aromatic heterocycles. The minimum atomic E-state index is -3.72. The van der Waals surface area contributed by atoms with E-state index in [9.17, 15) is 13.2 Å². The van der Waals surface area contributed by atoms with Gasteiger partial charge in [-0.25, -0.2) is 13.4 Å². The number of likely N-dealkylation sites (tertiary alicyclic amines) is 1. The van der Waals surface area contributed by atoms with Gasteiger partial charge in [0.15, 0.2) is 6.10 Å². The fourth-order valence-electron chi connectivity index (χ4n) is 3.90. The first kappa shape index (κ1) is 19.6. The number of likely N-dealkylation sites (N-methyl/N-ethyl adjacent to an activating group) is 1. The van der Waals surface area contributed by atoms with Gasteiger partial charge in [0.05, 0.1) is 18.0 Å². The fourth-order valence-corrected chi connectivity index (χ4v) is 5.44. The molecule has 4 rings (SSSR count). The van der Waals surface area contributed by atoms with Crippen molar-refractivity contribution in [3.8, 4) is 11.6 Å². The summed E-state index contributed by atoms with van der Waals surface area (Å²) in [7, 11) is -0.557. The number of methoxy groups -OCH3 is 1. The van der Waals surface area contributed by atoms with Crippen molar-refractivity contribution < 1.29 is 22.7 Å². The third kappa shape index (κ3) is 3.42. The normalized spacial score (nSPS) is 24.6. The van der Waals surface area contributed by atoms with Crippen LogP contribution in [0.3, 0.4) is 0 Å². The summed E-state index contributed by atoms with van der Waals surface area (Å²) < 4.78 is 38.7. The molecule has 0 spiro atoms. The van der Waals surface area contributed by atoms with Crippen molar-refractivity contribution in [1.82, 2.24) is 19.2 Å². The summed E-state index contributed by atoms with van der Waals surface area (Å²) in [5.74, 6) is 0.849. The zero-order valence-electron chi connectivity index (χ0n) is 16.3. The molecule has 2 saturated heterocycles. The first-order valence-electron chi connectivity index (χ1n) is 9.18. The lowest BCUT2D eigenvalue weighted by atomic mass is 10.0. The Morgan fingerprint density at radius 3 is 2.72 bits per heavy atom. The van der Waals surface area contributed by atoms with Crippen molar-refractivity contribution in [3.05, 3.63) is 42.4 Å². The van der Waals surface area contributed by atoms with E-state index in [1.165, 1.54) is 17.5 Å². The van der Waals surface area contributed by atoms with Crippen LogP contribution < -0.4 is 9.47 Å². The molecular weight excluding hydrogens is 396 g/mol. The molecule has 0 unspecified atom stereocenters. The molecule has 154 valence electrons. The van der Waals surface area contributed by atoms with Crippen LogP contribution in [0.4, 0.5) is 0 Å². The first-order chi connectivity index (χ1) is 13.8. The average molecular weight is 418 g/mol. The number of aromatic nitrogens is 2. The Morgan fingerprint density at radius 2 is 2.00 bits per heavy atom. The van der Waals surface area contributed by atoms with E-state index in [0.29, 0.717) is 17.5 Å². The van der Waals surface area contributed by atoms with Crippen molar-refractivity contribution in [2.24, 2.45) is 5.92 Å². The topological polar surface area (TPSA) is 102 Å². The molecule has 1 amide bonds. The van der Waals surface area contributed by atoms with Crippen molar-refractivity contribution in [2.75, 3.05) is 27.2 Å². The molecule has 2 aliphatic heterocycles. The zero-order valence-corrected chi connectivity index (χ0v) is 17.2. The maximum absolute atomic E-state index is 13.1. The van der Waals surface area contributed by atoms with E-state index >= 15 is 0 Å². The number of ether oxygens (including phenoxy) is 2. The van der Waals surface area contributed by atoms with Crippen LogP contribution in [0.25, 0.3) is 0 Å². The highest BCUT2D eigenvalue weighted by molar-refractivity contribution is 7.89. The second kappa shape index (κ2) is 7.27. The van der Waals surface area contributed by atoms with Gasteiger partial charge in [0.2, 0.25) is 15.9 Å². The summed E-state index contributed by atoms with van der Waals surface area (Å²) in [4.78, 5) is 22.6. The maximum atomic E-state index is 13.1. The quantitative estimate of drug-likeness (QED) is 0.704. The Kier molecular flexibility index (Phi) is 4.91. The fraction of sp³-hybridized carbons (Fsp3) is 0.421. The molecule has 0 bridgehead atoms. The van der Waals surface area contributed by atoms with Gasteiger partial charge in [0.1, 0.15) is 11.6 Å². The number of aryl methyl sites for hydroxylation is 1. The van der Waals surface area contributed by atoms with Crippen LogP contribution >= 0.6 is 0 Å². The standard InChI is InChI=1S/C19H22N4O5S/c1-12-20-8-7-17(21-12)28-18-15-10-23(11-16(15)22(2)19(18)24)29(25,26)14-6-4-5-13(9-14)27-3/h4-9,15-16,18H,10-11H2,1-3H3/t15-,16+,18-/m0/s1. The van der Waals surface area contributed by atoms with Crippen LogP contribution in [-0.4, -0.2) is 72.9 Å². The van der Waals surface area contributed by atoms with Crippen LogP contribution in [0.15, 0.2) is 41.4 Å². The second-order valence-corrected chi connectivity index (χ2v) is 9.10. The molecule has 0 radical (unpaired) electrons. The van der Waals surface area contributed by atoms with E-state index in [2.05, 4.69) is 9.97 Å². The third-order valence-corrected chi connectivity index (χ3v) is 7.28. The highest BCUT2D eigenvalue weighted by Crippen LogP contribution is 2.36. The zero-order chi connectivity index (χ0) is 20.8. The number of benzene rings is 1. The van der Waals surface area contributed by atoms with Gasteiger partial charge in [-0.15, -0.1) is 0 Å². The molecule has 10 heteroatoms. The number of fused-ring (bicyclic) bond motifs is 1. The molecule has 0 aliphatic carbocycles. The van der Waals surface area contributed by atoms with E-state index in [1.807, 2.05) is 0 Å². The van der Waals surface area contributed by atoms with Gasteiger partial charge in [0, 0.05) is 44.4 Å². The Bertz CT molecular complexity index is 1040. The van der Waals surface area contributed by atoms with Crippen molar-refractivity contribution in [1.29, 1.82) is 0 Å². The number of carbonyl (C=O) groups is 1. The van der Waals surface area contributed by atoms with Gasteiger partial charge in [-0.05, 0) is 19.1 Å². The molecule has 2 fully saturated rings. The van der Waals surface area contributed by atoms with Crippen molar-refractivity contribution >= 4 is 15.9 Å². The molecule has 3 heterocycles. The van der Waals surface area contributed by atoms with Crippen molar-refractivity contribution in [3.63, 3.8) is 0 Å². The summed E-state index contributed by atoms with van der Waals surface area (Å²) >= 11 is 0. The van der Waals surface area contributed by atoms with Crippen LogP contribution in [0.1, 0.15) is 5.82 Å². The predicted molar refractivity (Wildman–Crippen MR) is 103 cm³/mol. The predicted octanol–water partition coefficient (Wildman–Crippen LogP) is 0.702. The SMILES string of the molecule is COc1cccc(S(=O)(=O)N2C[C@@H]3[C@H](Oc4ccnc(C)n4)C(=O)N(C)[C@@H]3C2)c1. The van der Waals surface area contributed by atoms with Crippen molar-refractivity contribution in [2.45, 2.75) is 24.0 Å². The summed E-state index contributed by atoms with van der Waals surface area (Å²) in [5.41, 5.74) is 0. The minimum absolute atomic E-state index is 0.162. The first-order valence-corrected chi connectivity index (χ1v) is 10.6. The number of carbonyl (C=O) groups excluding carboxylic acids is 1. The summed E-state index contributed by atoms with van der Waals surface area (Å²) in [6.45, 7) is 2.14. The van der Waals surface area contributed by atoms with Gasteiger partial charge in [-0.1, -0.05) is 6.07 Å². The van der Waals surface area contributed by atoms with E-state index < -0.39 is 16.1 Å². The molecule has 29 heavy (non-hydrogen) atoms. The average Bonchev–Trinajstić information content (AvgIpc) is 3.24. The molecule has 3 atom stereocenters. The number of hydrogen-bond donors (Lipinski definition) is 0. The van der Waals surface area contributed by atoms with E-state index in [0.717, 1.165) is 0 Å². The minimum Gasteiger partial charge on any atom is -0.497 e. The van der Waals surface area contributed by atoms with Crippen LogP contribution in [0, 0.1) is 12.8 Å². The second-order valence-electron chi connectivity index (χ2n) is 7.16. The Hall–Kier alpha value is -2.72. The molecule has 2 aromatic rings.